The normalized spacial score (nSPS) is 12.0. The van der Waals surface area contributed by atoms with E-state index in [1.165, 1.54) is 0 Å². The Labute approximate surface area is 67.9 Å². The molecule has 0 saturated heterocycles. The third-order valence-electron chi connectivity index (χ3n) is 1.67. The third kappa shape index (κ3) is 1.80. The van der Waals surface area contributed by atoms with Crippen LogP contribution < -0.4 is 4.48 Å². The molecule has 1 aromatic heterocycles. The fraction of sp³-hybridized carbons (Fsp3) is 0.625. The van der Waals surface area contributed by atoms with E-state index in [4.69, 9.17) is 0 Å². The molecule has 0 aliphatic rings. The molecule has 0 bridgehead atoms. The predicted octanol–water partition coefficient (Wildman–Crippen LogP) is 1.10. The van der Waals surface area contributed by atoms with E-state index >= 15 is 0 Å². The molecule has 0 amide bonds. The van der Waals surface area contributed by atoms with Gasteiger partial charge in [0.05, 0.1) is 27.3 Å². The minimum absolute atomic E-state index is 0.785. The minimum Gasteiger partial charge on any atom is -0.332 e. The van der Waals surface area contributed by atoms with E-state index in [-0.39, 0.29) is 0 Å². The molecular formula is C8H16N3+. The van der Waals surface area contributed by atoms with E-state index in [2.05, 4.69) is 43.8 Å². The molecule has 3 heteroatoms. The van der Waals surface area contributed by atoms with E-state index in [1.807, 2.05) is 6.33 Å². The van der Waals surface area contributed by atoms with Crippen LogP contribution in [0.5, 0.6) is 0 Å². The highest BCUT2D eigenvalue weighted by Crippen LogP contribution is 2.11. The Morgan fingerprint density at radius 3 is 2.36 bits per heavy atom. The summed E-state index contributed by atoms with van der Waals surface area (Å²) in [5.74, 6) is 1.10. The quantitative estimate of drug-likeness (QED) is 0.583. The second-order valence-electron chi connectivity index (χ2n) is 3.57. The molecule has 0 saturated carbocycles. The first-order valence-electron chi connectivity index (χ1n) is 3.88. The predicted molar refractivity (Wildman–Crippen MR) is 47.5 cm³/mol. The van der Waals surface area contributed by atoms with Gasteiger partial charge in [0.2, 0.25) is 5.82 Å². The van der Waals surface area contributed by atoms with Gasteiger partial charge in [0, 0.05) is 6.54 Å². The molecule has 0 N–H and O–H groups in total. The zero-order valence-corrected chi connectivity index (χ0v) is 7.70. The largest absolute Gasteiger partial charge is 0.332 e. The van der Waals surface area contributed by atoms with Crippen molar-refractivity contribution in [2.24, 2.45) is 0 Å². The molecule has 0 unspecified atom stereocenters. The molecule has 1 aromatic rings. The van der Waals surface area contributed by atoms with Gasteiger partial charge >= 0.3 is 0 Å². The van der Waals surface area contributed by atoms with Crippen molar-refractivity contribution in [3.05, 3.63) is 12.5 Å². The first-order chi connectivity index (χ1) is 5.04. The van der Waals surface area contributed by atoms with Gasteiger partial charge in [-0.15, -0.1) is 0 Å². The van der Waals surface area contributed by atoms with Crippen molar-refractivity contribution in [2.45, 2.75) is 13.5 Å². The molecule has 0 atom stereocenters. The Bertz CT molecular complexity index is 232. The lowest BCUT2D eigenvalue weighted by molar-refractivity contribution is 0.474. The van der Waals surface area contributed by atoms with Crippen LogP contribution in [0, 0.1) is 0 Å². The van der Waals surface area contributed by atoms with Gasteiger partial charge in [0.1, 0.15) is 6.33 Å². The summed E-state index contributed by atoms with van der Waals surface area (Å²) in [4.78, 5) is 4.29. The van der Waals surface area contributed by atoms with Gasteiger partial charge < -0.3 is 4.57 Å². The van der Waals surface area contributed by atoms with Gasteiger partial charge in [-0.2, -0.15) is 4.98 Å². The highest BCUT2D eigenvalue weighted by atomic mass is 15.3. The number of rotatable bonds is 2. The summed E-state index contributed by atoms with van der Waals surface area (Å²) in [6.45, 7) is 3.11. The van der Waals surface area contributed by atoms with E-state index in [0.29, 0.717) is 0 Å². The van der Waals surface area contributed by atoms with Crippen molar-refractivity contribution >= 4 is 5.82 Å². The fourth-order valence-electron chi connectivity index (χ4n) is 0.868. The molecule has 0 fully saturated rings. The van der Waals surface area contributed by atoms with Crippen molar-refractivity contribution in [1.29, 1.82) is 0 Å². The zero-order valence-electron chi connectivity index (χ0n) is 7.70. The van der Waals surface area contributed by atoms with Crippen molar-refractivity contribution in [3.8, 4) is 0 Å². The molecule has 3 nitrogen and oxygen atoms in total. The van der Waals surface area contributed by atoms with Crippen LogP contribution in [-0.2, 0) is 6.54 Å². The molecular weight excluding hydrogens is 138 g/mol. The highest BCUT2D eigenvalue weighted by Gasteiger charge is 2.14. The lowest BCUT2D eigenvalue weighted by atomic mass is 10.5. The van der Waals surface area contributed by atoms with E-state index < -0.39 is 0 Å². The van der Waals surface area contributed by atoms with Crippen LogP contribution in [0.4, 0.5) is 5.82 Å². The third-order valence-corrected chi connectivity index (χ3v) is 1.67. The van der Waals surface area contributed by atoms with Gasteiger partial charge in [-0.3, -0.25) is 4.48 Å². The fourth-order valence-corrected chi connectivity index (χ4v) is 0.868. The van der Waals surface area contributed by atoms with Crippen molar-refractivity contribution in [1.82, 2.24) is 14.0 Å². The summed E-state index contributed by atoms with van der Waals surface area (Å²) in [5.41, 5.74) is 0. The molecule has 0 aliphatic carbocycles. The lowest BCUT2D eigenvalue weighted by Gasteiger charge is -2.19. The van der Waals surface area contributed by atoms with Gasteiger partial charge in [0.15, 0.2) is 0 Å². The van der Waals surface area contributed by atoms with Gasteiger partial charge in [0.25, 0.3) is 0 Å². The highest BCUT2D eigenvalue weighted by molar-refractivity contribution is 5.28. The Kier molecular flexibility index (Phi) is 2.00. The molecule has 0 radical (unpaired) electrons. The molecule has 62 valence electrons. The summed E-state index contributed by atoms with van der Waals surface area (Å²) in [6, 6.07) is 0. The summed E-state index contributed by atoms with van der Waals surface area (Å²) in [6.07, 6.45) is 3.96. The maximum atomic E-state index is 4.29. The molecule has 1 heterocycles. The molecule has 1 rings (SSSR count). The first-order valence-corrected chi connectivity index (χ1v) is 3.88. The number of aryl methyl sites for hydroxylation is 1. The molecule has 0 aromatic carbocycles. The number of aromatic nitrogens is 2. The SMILES string of the molecule is CCn1cnc([N+](C)(C)C)c1. The molecule has 11 heavy (non-hydrogen) atoms. The molecule has 0 spiro atoms. The standard InChI is InChI=1S/C8H16N3/c1-5-10-6-8(9-7-10)11(2,3)4/h6-7H,5H2,1-4H3/q+1. The summed E-state index contributed by atoms with van der Waals surface area (Å²) < 4.78 is 2.87. The Hall–Kier alpha value is -0.830. The number of imidazole rings is 1. The Morgan fingerprint density at radius 2 is 2.09 bits per heavy atom. The van der Waals surface area contributed by atoms with Gasteiger partial charge in [-0.25, -0.2) is 0 Å². The van der Waals surface area contributed by atoms with E-state index in [1.54, 1.807) is 0 Å². The van der Waals surface area contributed by atoms with Crippen molar-refractivity contribution in [2.75, 3.05) is 21.1 Å². The summed E-state index contributed by atoms with van der Waals surface area (Å²) in [5, 5.41) is 0. The van der Waals surface area contributed by atoms with E-state index in [9.17, 15) is 0 Å². The van der Waals surface area contributed by atoms with Crippen LogP contribution in [0.2, 0.25) is 0 Å². The second-order valence-corrected chi connectivity index (χ2v) is 3.57. The number of quaternary nitrogens is 1. The lowest BCUT2D eigenvalue weighted by Crippen LogP contribution is -2.35. The van der Waals surface area contributed by atoms with Crippen LogP contribution in [0.25, 0.3) is 0 Å². The average Bonchev–Trinajstić information content (AvgIpc) is 2.32. The van der Waals surface area contributed by atoms with Crippen LogP contribution in [0.3, 0.4) is 0 Å². The number of hydrogen-bond acceptors (Lipinski definition) is 1. The smallest absolute Gasteiger partial charge is 0.244 e. The topological polar surface area (TPSA) is 17.8 Å². The van der Waals surface area contributed by atoms with Crippen LogP contribution in [-0.4, -0.2) is 30.7 Å². The van der Waals surface area contributed by atoms with Gasteiger partial charge in [-0.05, 0) is 6.92 Å². The Balaban J connectivity index is 2.89. The average molecular weight is 154 g/mol. The first kappa shape index (κ1) is 8.27. The maximum Gasteiger partial charge on any atom is 0.244 e. The molecule has 0 aliphatic heterocycles. The van der Waals surface area contributed by atoms with Crippen molar-refractivity contribution < 1.29 is 0 Å². The van der Waals surface area contributed by atoms with Crippen LogP contribution >= 0.6 is 0 Å². The number of hydrogen-bond donors (Lipinski definition) is 0. The Morgan fingerprint density at radius 1 is 1.45 bits per heavy atom. The summed E-state index contributed by atoms with van der Waals surface area (Å²) in [7, 11) is 6.34. The minimum atomic E-state index is 0.785. The van der Waals surface area contributed by atoms with Crippen molar-refractivity contribution in [3.63, 3.8) is 0 Å². The van der Waals surface area contributed by atoms with E-state index in [0.717, 1.165) is 16.8 Å². The second kappa shape index (κ2) is 2.66. The van der Waals surface area contributed by atoms with Crippen LogP contribution in [0.1, 0.15) is 6.92 Å². The monoisotopic (exact) mass is 154 g/mol. The summed E-state index contributed by atoms with van der Waals surface area (Å²) >= 11 is 0. The van der Waals surface area contributed by atoms with Gasteiger partial charge in [-0.1, -0.05) is 0 Å². The number of nitrogens with zero attached hydrogens (tertiary/aromatic N) is 3. The van der Waals surface area contributed by atoms with Crippen LogP contribution in [0.15, 0.2) is 12.5 Å². The zero-order chi connectivity index (χ0) is 8.48. The maximum absolute atomic E-state index is 4.29.